The van der Waals surface area contributed by atoms with Crippen LogP contribution in [-0.4, -0.2) is 30.1 Å². The summed E-state index contributed by atoms with van der Waals surface area (Å²) in [4.78, 5) is 2.69. The van der Waals surface area contributed by atoms with Crippen molar-refractivity contribution in [1.29, 1.82) is 0 Å². The topological polar surface area (TPSA) is 29.3 Å². The van der Waals surface area contributed by atoms with Crippen LogP contribution in [-0.2, 0) is 0 Å². The molecule has 0 amide bonds. The third-order valence-electron chi connectivity index (χ3n) is 4.19. The first kappa shape index (κ1) is 10.4. The standard InChI is InChI=1S/C12H24N2/c13-11-12(14-9-5-6-10-14)7-3-1-2-4-8-12/h1-11,13H2. The largest absolute Gasteiger partial charge is 0.329 e. The maximum Gasteiger partial charge on any atom is 0.0331 e. The average molecular weight is 196 g/mol. The van der Waals surface area contributed by atoms with Crippen molar-refractivity contribution in [3.63, 3.8) is 0 Å². The molecule has 0 radical (unpaired) electrons. The van der Waals surface area contributed by atoms with E-state index >= 15 is 0 Å². The van der Waals surface area contributed by atoms with Crippen molar-refractivity contribution in [3.05, 3.63) is 0 Å². The predicted molar refractivity (Wildman–Crippen MR) is 60.3 cm³/mol. The fourth-order valence-electron chi connectivity index (χ4n) is 3.23. The van der Waals surface area contributed by atoms with Gasteiger partial charge in [0.1, 0.15) is 0 Å². The highest BCUT2D eigenvalue weighted by Gasteiger charge is 2.36. The second-order valence-corrected chi connectivity index (χ2v) is 5.04. The fraction of sp³-hybridized carbons (Fsp3) is 1.00. The summed E-state index contributed by atoms with van der Waals surface area (Å²) in [7, 11) is 0. The highest BCUT2D eigenvalue weighted by molar-refractivity contribution is 4.94. The van der Waals surface area contributed by atoms with Gasteiger partial charge in [0, 0.05) is 12.1 Å². The predicted octanol–water partition coefficient (Wildman–Crippen LogP) is 2.13. The quantitative estimate of drug-likeness (QED) is 0.686. The van der Waals surface area contributed by atoms with Gasteiger partial charge in [-0.3, -0.25) is 4.90 Å². The van der Waals surface area contributed by atoms with Gasteiger partial charge in [-0.1, -0.05) is 25.7 Å². The zero-order chi connectivity index (χ0) is 9.86. The molecule has 14 heavy (non-hydrogen) atoms. The molecule has 0 atom stereocenters. The lowest BCUT2D eigenvalue weighted by atomic mass is 9.88. The number of likely N-dealkylation sites (tertiary alicyclic amines) is 1. The molecule has 0 aromatic carbocycles. The highest BCUT2D eigenvalue weighted by atomic mass is 15.2. The van der Waals surface area contributed by atoms with Gasteiger partial charge in [0.25, 0.3) is 0 Å². The Kier molecular flexibility index (Phi) is 3.45. The van der Waals surface area contributed by atoms with Crippen LogP contribution in [0.5, 0.6) is 0 Å². The van der Waals surface area contributed by atoms with Gasteiger partial charge in [-0.25, -0.2) is 0 Å². The van der Waals surface area contributed by atoms with Gasteiger partial charge < -0.3 is 5.73 Å². The zero-order valence-electron chi connectivity index (χ0n) is 9.30. The number of hydrogen-bond donors (Lipinski definition) is 1. The molecule has 1 saturated carbocycles. The maximum atomic E-state index is 6.05. The summed E-state index contributed by atoms with van der Waals surface area (Å²) in [5, 5.41) is 0. The van der Waals surface area contributed by atoms with Crippen LogP contribution < -0.4 is 5.73 Å². The Morgan fingerprint density at radius 3 is 1.93 bits per heavy atom. The smallest absolute Gasteiger partial charge is 0.0331 e. The lowest BCUT2D eigenvalue weighted by molar-refractivity contribution is 0.106. The first-order valence-electron chi connectivity index (χ1n) is 6.32. The van der Waals surface area contributed by atoms with Crippen molar-refractivity contribution in [2.75, 3.05) is 19.6 Å². The molecule has 0 aromatic rings. The summed E-state index contributed by atoms with van der Waals surface area (Å²) >= 11 is 0. The van der Waals surface area contributed by atoms with Gasteiger partial charge in [0.05, 0.1) is 0 Å². The first-order chi connectivity index (χ1) is 6.87. The van der Waals surface area contributed by atoms with E-state index in [2.05, 4.69) is 4.90 Å². The van der Waals surface area contributed by atoms with E-state index in [1.807, 2.05) is 0 Å². The summed E-state index contributed by atoms with van der Waals surface area (Å²) < 4.78 is 0. The molecule has 2 aliphatic rings. The Morgan fingerprint density at radius 1 is 0.857 bits per heavy atom. The van der Waals surface area contributed by atoms with E-state index in [0.29, 0.717) is 5.54 Å². The van der Waals surface area contributed by atoms with Crippen LogP contribution in [0.4, 0.5) is 0 Å². The van der Waals surface area contributed by atoms with Crippen LogP contribution in [0.25, 0.3) is 0 Å². The molecule has 2 heteroatoms. The van der Waals surface area contributed by atoms with E-state index in [1.165, 1.54) is 64.5 Å². The summed E-state index contributed by atoms with van der Waals surface area (Å²) in [6.45, 7) is 3.49. The molecule has 0 bridgehead atoms. The Morgan fingerprint density at radius 2 is 1.43 bits per heavy atom. The van der Waals surface area contributed by atoms with Crippen LogP contribution in [0.3, 0.4) is 0 Å². The first-order valence-corrected chi connectivity index (χ1v) is 6.32. The Bertz CT molecular complexity index is 165. The van der Waals surface area contributed by atoms with Crippen molar-refractivity contribution in [1.82, 2.24) is 4.90 Å². The lowest BCUT2D eigenvalue weighted by Crippen LogP contribution is -2.52. The zero-order valence-corrected chi connectivity index (χ0v) is 9.30. The molecule has 0 aromatic heterocycles. The summed E-state index contributed by atoms with van der Waals surface area (Å²) in [5.74, 6) is 0. The van der Waals surface area contributed by atoms with Crippen LogP contribution in [0, 0.1) is 0 Å². The Labute approximate surface area is 87.8 Å². The van der Waals surface area contributed by atoms with E-state index in [9.17, 15) is 0 Å². The molecule has 2 fully saturated rings. The van der Waals surface area contributed by atoms with Crippen LogP contribution >= 0.6 is 0 Å². The second kappa shape index (κ2) is 4.63. The average Bonchev–Trinajstić information content (AvgIpc) is 2.64. The Hall–Kier alpha value is -0.0800. The van der Waals surface area contributed by atoms with Crippen molar-refractivity contribution in [2.24, 2.45) is 5.73 Å². The fourth-order valence-corrected chi connectivity index (χ4v) is 3.23. The van der Waals surface area contributed by atoms with Crippen molar-refractivity contribution in [2.45, 2.75) is 56.9 Å². The van der Waals surface area contributed by atoms with E-state index in [1.54, 1.807) is 0 Å². The molecule has 1 heterocycles. The van der Waals surface area contributed by atoms with E-state index in [4.69, 9.17) is 5.73 Å². The number of nitrogens with zero attached hydrogens (tertiary/aromatic N) is 1. The molecule has 2 nitrogen and oxygen atoms in total. The van der Waals surface area contributed by atoms with Gasteiger partial charge >= 0.3 is 0 Å². The van der Waals surface area contributed by atoms with Crippen LogP contribution in [0.15, 0.2) is 0 Å². The summed E-state index contributed by atoms with van der Waals surface area (Å²) in [5.41, 5.74) is 6.44. The summed E-state index contributed by atoms with van der Waals surface area (Å²) in [6.07, 6.45) is 11.1. The van der Waals surface area contributed by atoms with Gasteiger partial charge in [0.15, 0.2) is 0 Å². The number of hydrogen-bond acceptors (Lipinski definition) is 2. The third kappa shape index (κ3) is 1.96. The minimum atomic E-state index is 0.396. The molecule has 1 aliphatic carbocycles. The van der Waals surface area contributed by atoms with E-state index < -0.39 is 0 Å². The molecule has 1 saturated heterocycles. The number of rotatable bonds is 2. The minimum absolute atomic E-state index is 0.396. The SMILES string of the molecule is NCC1(N2CCCC2)CCCCCC1. The molecule has 0 unspecified atom stereocenters. The Balaban J connectivity index is 2.04. The monoisotopic (exact) mass is 196 g/mol. The van der Waals surface area contributed by atoms with Gasteiger partial charge in [-0.2, -0.15) is 0 Å². The van der Waals surface area contributed by atoms with Crippen LogP contribution in [0.2, 0.25) is 0 Å². The van der Waals surface area contributed by atoms with E-state index in [0.717, 1.165) is 6.54 Å². The lowest BCUT2D eigenvalue weighted by Gasteiger charge is -2.40. The van der Waals surface area contributed by atoms with Crippen molar-refractivity contribution in [3.8, 4) is 0 Å². The van der Waals surface area contributed by atoms with Gasteiger partial charge in [-0.15, -0.1) is 0 Å². The van der Waals surface area contributed by atoms with Crippen LogP contribution in [0.1, 0.15) is 51.4 Å². The molecule has 0 spiro atoms. The summed E-state index contributed by atoms with van der Waals surface area (Å²) in [6, 6.07) is 0. The van der Waals surface area contributed by atoms with Crippen molar-refractivity contribution < 1.29 is 0 Å². The second-order valence-electron chi connectivity index (χ2n) is 5.04. The third-order valence-corrected chi connectivity index (χ3v) is 4.19. The van der Waals surface area contributed by atoms with Crippen molar-refractivity contribution >= 4 is 0 Å². The highest BCUT2D eigenvalue weighted by Crippen LogP contribution is 2.33. The maximum absolute atomic E-state index is 6.05. The molecule has 2 rings (SSSR count). The molecule has 2 N–H and O–H groups in total. The number of nitrogens with two attached hydrogens (primary N) is 1. The normalized spacial score (nSPS) is 28.9. The molecular weight excluding hydrogens is 172 g/mol. The minimum Gasteiger partial charge on any atom is -0.329 e. The van der Waals surface area contributed by atoms with Gasteiger partial charge in [-0.05, 0) is 38.8 Å². The molecule has 1 aliphatic heterocycles. The molecule has 82 valence electrons. The van der Waals surface area contributed by atoms with Gasteiger partial charge in [0.2, 0.25) is 0 Å². The molecular formula is C12H24N2. The van der Waals surface area contributed by atoms with E-state index in [-0.39, 0.29) is 0 Å².